The monoisotopic (exact) mass is 520 g/mol. The van der Waals surface area contributed by atoms with Gasteiger partial charge in [0.25, 0.3) is 5.56 Å². The number of ether oxygens (including phenoxy) is 3. The Bertz CT molecular complexity index is 1460. The van der Waals surface area contributed by atoms with Gasteiger partial charge >= 0.3 is 0 Å². The number of hydrogen-bond donors (Lipinski definition) is 0. The molecular weight excluding hydrogens is 492 g/mol. The van der Waals surface area contributed by atoms with Crippen LogP contribution in [0.3, 0.4) is 0 Å². The summed E-state index contributed by atoms with van der Waals surface area (Å²) >= 11 is 3.20. The summed E-state index contributed by atoms with van der Waals surface area (Å²) in [6.45, 7) is 5.75. The summed E-state index contributed by atoms with van der Waals surface area (Å²) in [4.78, 5) is 21.0. The van der Waals surface area contributed by atoms with Crippen molar-refractivity contribution in [3.05, 3.63) is 80.5 Å². The minimum Gasteiger partial charge on any atom is -0.454 e. The van der Waals surface area contributed by atoms with E-state index in [-0.39, 0.29) is 18.5 Å². The number of fused-ring (bicyclic) bond motifs is 4. The lowest BCUT2D eigenvalue weighted by molar-refractivity contribution is 0.00200. The van der Waals surface area contributed by atoms with Crippen molar-refractivity contribution in [3.63, 3.8) is 0 Å². The molecule has 2 aliphatic heterocycles. The molecular formula is C28H28N2O4S2. The van der Waals surface area contributed by atoms with Gasteiger partial charge in [0, 0.05) is 23.6 Å². The van der Waals surface area contributed by atoms with Gasteiger partial charge in [-0.3, -0.25) is 9.36 Å². The SMILES string of the molecule is CC(C)[C@H]1Cc2c(sc3nc(SCc4ccc5c(c4)OCO5)n(CCc4ccccc4)c(=O)c23)CO1. The summed E-state index contributed by atoms with van der Waals surface area (Å²) < 4.78 is 18.9. The van der Waals surface area contributed by atoms with Crippen LogP contribution in [0, 0.1) is 5.92 Å². The predicted octanol–water partition coefficient (Wildman–Crippen LogP) is 5.82. The van der Waals surface area contributed by atoms with E-state index >= 15 is 0 Å². The predicted molar refractivity (Wildman–Crippen MR) is 143 cm³/mol. The van der Waals surface area contributed by atoms with Gasteiger partial charge in [-0.05, 0) is 41.2 Å². The fourth-order valence-electron chi connectivity index (χ4n) is 4.74. The average molecular weight is 521 g/mol. The number of aromatic nitrogens is 2. The molecule has 2 aliphatic rings. The van der Waals surface area contributed by atoms with Gasteiger partial charge in [0.05, 0.1) is 18.1 Å². The fraction of sp³-hybridized carbons (Fsp3) is 0.357. The Morgan fingerprint density at radius 1 is 1.11 bits per heavy atom. The maximum absolute atomic E-state index is 14.0. The van der Waals surface area contributed by atoms with E-state index in [1.165, 1.54) is 5.56 Å². The van der Waals surface area contributed by atoms with E-state index < -0.39 is 0 Å². The Hall–Kier alpha value is -2.81. The standard InChI is InChI=1S/C28H28N2O4S2/c1-17(2)22-13-20-24(14-32-22)36-26-25(20)27(31)30(11-10-18-6-4-3-5-7-18)28(29-26)35-15-19-8-9-21-23(12-19)34-16-33-21/h3-9,12,17,22H,10-11,13-16H2,1-2H3/t22-/m1/s1. The first-order valence-electron chi connectivity index (χ1n) is 12.3. The fourth-order valence-corrected chi connectivity index (χ4v) is 6.87. The second-order valence-electron chi connectivity index (χ2n) is 9.54. The van der Waals surface area contributed by atoms with Gasteiger partial charge in [-0.15, -0.1) is 11.3 Å². The quantitative estimate of drug-likeness (QED) is 0.226. The van der Waals surface area contributed by atoms with E-state index in [4.69, 9.17) is 19.2 Å². The summed E-state index contributed by atoms with van der Waals surface area (Å²) in [5, 5.41) is 1.53. The molecule has 36 heavy (non-hydrogen) atoms. The molecule has 6 rings (SSSR count). The smallest absolute Gasteiger partial charge is 0.263 e. The highest BCUT2D eigenvalue weighted by Crippen LogP contribution is 2.37. The van der Waals surface area contributed by atoms with Gasteiger partial charge in [-0.1, -0.05) is 62.0 Å². The molecule has 0 amide bonds. The van der Waals surface area contributed by atoms with Crippen LogP contribution in [0.2, 0.25) is 0 Å². The van der Waals surface area contributed by atoms with Crippen LogP contribution in [-0.4, -0.2) is 22.4 Å². The number of thioether (sulfide) groups is 1. The summed E-state index contributed by atoms with van der Waals surface area (Å²) in [5.74, 6) is 2.62. The third kappa shape index (κ3) is 4.53. The zero-order chi connectivity index (χ0) is 24.6. The van der Waals surface area contributed by atoms with Crippen molar-refractivity contribution in [1.29, 1.82) is 0 Å². The van der Waals surface area contributed by atoms with Crippen LogP contribution in [0.4, 0.5) is 0 Å². The maximum atomic E-state index is 14.0. The van der Waals surface area contributed by atoms with Crippen molar-refractivity contribution in [2.45, 2.75) is 56.9 Å². The Labute approximate surface area is 218 Å². The summed E-state index contributed by atoms with van der Waals surface area (Å²) in [5.41, 5.74) is 3.51. The molecule has 8 heteroatoms. The van der Waals surface area contributed by atoms with Gasteiger partial charge in [0.15, 0.2) is 16.7 Å². The highest BCUT2D eigenvalue weighted by molar-refractivity contribution is 7.98. The second kappa shape index (κ2) is 9.92. The molecule has 6 nitrogen and oxygen atoms in total. The van der Waals surface area contributed by atoms with Crippen LogP contribution in [0.25, 0.3) is 10.2 Å². The van der Waals surface area contributed by atoms with Gasteiger partial charge in [-0.25, -0.2) is 4.98 Å². The number of aryl methyl sites for hydroxylation is 1. The van der Waals surface area contributed by atoms with Crippen molar-refractivity contribution in [2.75, 3.05) is 6.79 Å². The molecule has 4 heterocycles. The van der Waals surface area contributed by atoms with Crippen molar-refractivity contribution >= 4 is 33.3 Å². The van der Waals surface area contributed by atoms with Crippen LogP contribution < -0.4 is 15.0 Å². The lowest BCUT2D eigenvalue weighted by atomic mass is 9.96. The first-order chi connectivity index (χ1) is 17.6. The largest absolute Gasteiger partial charge is 0.454 e. The number of nitrogens with zero attached hydrogens (tertiary/aromatic N) is 2. The number of hydrogen-bond acceptors (Lipinski definition) is 7. The van der Waals surface area contributed by atoms with Crippen LogP contribution in [0.1, 0.15) is 35.4 Å². The third-order valence-electron chi connectivity index (χ3n) is 6.81. The van der Waals surface area contributed by atoms with E-state index in [1.54, 1.807) is 23.1 Å². The molecule has 0 saturated heterocycles. The zero-order valence-electron chi connectivity index (χ0n) is 20.4. The third-order valence-corrected chi connectivity index (χ3v) is 8.96. The van der Waals surface area contributed by atoms with Crippen LogP contribution in [0.15, 0.2) is 58.5 Å². The zero-order valence-corrected chi connectivity index (χ0v) is 22.0. The molecule has 0 bridgehead atoms. The Balaban J connectivity index is 1.36. The lowest BCUT2D eigenvalue weighted by Gasteiger charge is -2.26. The average Bonchev–Trinajstić information content (AvgIpc) is 3.51. The van der Waals surface area contributed by atoms with Gasteiger partial charge in [0.2, 0.25) is 6.79 Å². The Kier molecular flexibility index (Phi) is 6.50. The summed E-state index contributed by atoms with van der Waals surface area (Å²) in [6, 6.07) is 16.3. The van der Waals surface area contributed by atoms with Gasteiger partial charge in [-0.2, -0.15) is 0 Å². The molecule has 1 atom stereocenters. The van der Waals surface area contributed by atoms with Crippen molar-refractivity contribution in [3.8, 4) is 11.5 Å². The molecule has 2 aromatic heterocycles. The highest BCUT2D eigenvalue weighted by Gasteiger charge is 2.28. The second-order valence-corrected chi connectivity index (χ2v) is 11.6. The van der Waals surface area contributed by atoms with E-state index in [0.29, 0.717) is 24.8 Å². The molecule has 2 aromatic carbocycles. The number of benzene rings is 2. The maximum Gasteiger partial charge on any atom is 0.263 e. The summed E-state index contributed by atoms with van der Waals surface area (Å²) in [6.07, 6.45) is 1.68. The normalized spacial score (nSPS) is 16.6. The number of thiophene rings is 1. The molecule has 0 fully saturated rings. The molecule has 0 aliphatic carbocycles. The van der Waals surface area contributed by atoms with Crippen molar-refractivity contribution in [2.24, 2.45) is 5.92 Å². The van der Waals surface area contributed by atoms with Crippen LogP contribution in [-0.2, 0) is 36.5 Å². The topological polar surface area (TPSA) is 62.6 Å². The van der Waals surface area contributed by atoms with Crippen LogP contribution in [0.5, 0.6) is 11.5 Å². The molecule has 0 saturated carbocycles. The molecule has 0 unspecified atom stereocenters. The molecule has 4 aromatic rings. The number of rotatable bonds is 7. The van der Waals surface area contributed by atoms with E-state index in [2.05, 4.69) is 26.0 Å². The molecule has 0 spiro atoms. The minimum atomic E-state index is 0.0611. The molecule has 0 radical (unpaired) electrons. The van der Waals surface area contributed by atoms with Crippen molar-refractivity contribution < 1.29 is 14.2 Å². The molecule has 0 N–H and O–H groups in total. The first kappa shape index (κ1) is 23.6. The Morgan fingerprint density at radius 3 is 2.78 bits per heavy atom. The first-order valence-corrected chi connectivity index (χ1v) is 14.1. The highest BCUT2D eigenvalue weighted by atomic mass is 32.2. The van der Waals surface area contributed by atoms with Gasteiger partial charge in [0.1, 0.15) is 4.83 Å². The van der Waals surface area contributed by atoms with Gasteiger partial charge < -0.3 is 14.2 Å². The minimum absolute atomic E-state index is 0.0611. The lowest BCUT2D eigenvalue weighted by Crippen LogP contribution is -2.29. The van der Waals surface area contributed by atoms with E-state index in [0.717, 1.165) is 55.7 Å². The summed E-state index contributed by atoms with van der Waals surface area (Å²) in [7, 11) is 0. The van der Waals surface area contributed by atoms with E-state index in [9.17, 15) is 4.79 Å². The Morgan fingerprint density at radius 2 is 1.94 bits per heavy atom. The molecule has 186 valence electrons. The van der Waals surface area contributed by atoms with Crippen LogP contribution >= 0.6 is 23.1 Å². The van der Waals surface area contributed by atoms with Crippen molar-refractivity contribution in [1.82, 2.24) is 9.55 Å². The van der Waals surface area contributed by atoms with E-state index in [1.807, 2.05) is 41.0 Å².